The molecule has 4 heteroatoms. The van der Waals surface area contributed by atoms with Crippen LogP contribution in [0.5, 0.6) is 0 Å². The molecule has 0 radical (unpaired) electrons. The molecule has 88 valence electrons. The average Bonchev–Trinajstić information content (AvgIpc) is 2.24. The van der Waals surface area contributed by atoms with Gasteiger partial charge in [-0.25, -0.2) is 4.98 Å². The first-order chi connectivity index (χ1) is 7.61. The first-order valence-electron chi connectivity index (χ1n) is 5.60. The molecule has 1 amide bonds. The third-order valence-corrected chi connectivity index (χ3v) is 2.30. The number of nitrogens with one attached hydrogen (secondary N) is 1. The van der Waals surface area contributed by atoms with Gasteiger partial charge in [-0.1, -0.05) is 13.8 Å². The third-order valence-electron chi connectivity index (χ3n) is 2.30. The second kappa shape index (κ2) is 6.10. The van der Waals surface area contributed by atoms with Gasteiger partial charge in [0.05, 0.1) is 5.69 Å². The number of amides is 1. The second-order valence-corrected chi connectivity index (χ2v) is 4.23. The van der Waals surface area contributed by atoms with E-state index < -0.39 is 0 Å². The fourth-order valence-corrected chi connectivity index (χ4v) is 1.40. The minimum Gasteiger partial charge on any atom is -0.397 e. The van der Waals surface area contributed by atoms with Crippen molar-refractivity contribution in [1.82, 2.24) is 10.3 Å². The number of anilines is 1. The standard InChI is InChI=1S/C12H19N3O/c1-9(2)5-3-8-15-12(16)11-10(13)6-4-7-14-11/h4,6-7,9H,3,5,8,13H2,1-2H3,(H,15,16). The number of nitrogen functional groups attached to an aromatic ring is 1. The van der Waals surface area contributed by atoms with Crippen molar-refractivity contribution in [2.75, 3.05) is 12.3 Å². The summed E-state index contributed by atoms with van der Waals surface area (Å²) in [4.78, 5) is 15.6. The van der Waals surface area contributed by atoms with Crippen LogP contribution in [0.3, 0.4) is 0 Å². The van der Waals surface area contributed by atoms with Crippen molar-refractivity contribution in [1.29, 1.82) is 0 Å². The molecule has 1 rings (SSSR count). The van der Waals surface area contributed by atoms with Crippen molar-refractivity contribution in [2.24, 2.45) is 5.92 Å². The van der Waals surface area contributed by atoms with Crippen molar-refractivity contribution < 1.29 is 4.79 Å². The van der Waals surface area contributed by atoms with Crippen LogP contribution in [0.4, 0.5) is 5.69 Å². The Morgan fingerprint density at radius 2 is 2.31 bits per heavy atom. The molecule has 1 heterocycles. The van der Waals surface area contributed by atoms with Crippen molar-refractivity contribution >= 4 is 11.6 Å². The second-order valence-electron chi connectivity index (χ2n) is 4.23. The molecule has 0 aromatic carbocycles. The van der Waals surface area contributed by atoms with Gasteiger partial charge in [-0.3, -0.25) is 4.79 Å². The Morgan fingerprint density at radius 3 is 2.94 bits per heavy atom. The summed E-state index contributed by atoms with van der Waals surface area (Å²) in [5.74, 6) is 0.471. The Bertz CT molecular complexity index is 350. The molecular weight excluding hydrogens is 202 g/mol. The molecule has 1 aromatic heterocycles. The summed E-state index contributed by atoms with van der Waals surface area (Å²) >= 11 is 0. The number of nitrogens with zero attached hydrogens (tertiary/aromatic N) is 1. The molecule has 0 unspecified atom stereocenters. The maximum atomic E-state index is 11.7. The van der Waals surface area contributed by atoms with Crippen LogP contribution in [0.25, 0.3) is 0 Å². The topological polar surface area (TPSA) is 68.0 Å². The quantitative estimate of drug-likeness (QED) is 0.745. The number of nitrogens with two attached hydrogens (primary N) is 1. The molecule has 0 aliphatic carbocycles. The molecule has 0 bridgehead atoms. The van der Waals surface area contributed by atoms with Gasteiger partial charge in [-0.05, 0) is 30.9 Å². The van der Waals surface area contributed by atoms with E-state index in [1.165, 1.54) is 0 Å². The van der Waals surface area contributed by atoms with Gasteiger partial charge in [0.1, 0.15) is 0 Å². The van der Waals surface area contributed by atoms with E-state index in [2.05, 4.69) is 24.1 Å². The van der Waals surface area contributed by atoms with Gasteiger partial charge in [0, 0.05) is 12.7 Å². The number of carbonyl (C=O) groups is 1. The molecule has 0 saturated carbocycles. The first kappa shape index (κ1) is 12.5. The van der Waals surface area contributed by atoms with Crippen molar-refractivity contribution in [3.8, 4) is 0 Å². The number of pyridine rings is 1. The fraction of sp³-hybridized carbons (Fsp3) is 0.500. The molecule has 1 aromatic rings. The predicted octanol–water partition coefficient (Wildman–Crippen LogP) is 1.83. The SMILES string of the molecule is CC(C)CCCNC(=O)c1ncccc1N. The fourth-order valence-electron chi connectivity index (χ4n) is 1.40. The van der Waals surface area contributed by atoms with Crippen LogP contribution in [-0.2, 0) is 0 Å². The van der Waals surface area contributed by atoms with E-state index in [0.29, 0.717) is 23.8 Å². The Balaban J connectivity index is 2.39. The first-order valence-corrected chi connectivity index (χ1v) is 5.60. The van der Waals surface area contributed by atoms with Gasteiger partial charge >= 0.3 is 0 Å². The summed E-state index contributed by atoms with van der Waals surface area (Å²) in [6, 6.07) is 3.39. The summed E-state index contributed by atoms with van der Waals surface area (Å²) in [5, 5.41) is 2.81. The normalized spacial score (nSPS) is 10.4. The highest BCUT2D eigenvalue weighted by atomic mass is 16.1. The van der Waals surface area contributed by atoms with E-state index in [9.17, 15) is 4.79 Å². The summed E-state index contributed by atoms with van der Waals surface area (Å²) in [7, 11) is 0. The summed E-state index contributed by atoms with van der Waals surface area (Å²) in [5.41, 5.74) is 6.38. The van der Waals surface area contributed by atoms with Crippen molar-refractivity contribution in [3.63, 3.8) is 0 Å². The molecule has 0 aliphatic rings. The van der Waals surface area contributed by atoms with Gasteiger partial charge in [0.25, 0.3) is 5.91 Å². The molecular formula is C12H19N3O. The lowest BCUT2D eigenvalue weighted by Crippen LogP contribution is -2.26. The van der Waals surface area contributed by atoms with E-state index in [4.69, 9.17) is 5.73 Å². The zero-order valence-corrected chi connectivity index (χ0v) is 9.86. The lowest BCUT2D eigenvalue weighted by Gasteiger charge is -2.07. The smallest absolute Gasteiger partial charge is 0.272 e. The van der Waals surface area contributed by atoms with E-state index in [0.717, 1.165) is 12.8 Å². The molecule has 3 N–H and O–H groups in total. The summed E-state index contributed by atoms with van der Waals surface area (Å²) in [6.07, 6.45) is 3.66. The van der Waals surface area contributed by atoms with Crippen LogP contribution in [0, 0.1) is 5.92 Å². The maximum Gasteiger partial charge on any atom is 0.272 e. The third kappa shape index (κ3) is 3.88. The van der Waals surface area contributed by atoms with Gasteiger partial charge in [-0.15, -0.1) is 0 Å². The highest BCUT2D eigenvalue weighted by Crippen LogP contribution is 2.07. The average molecular weight is 221 g/mol. The van der Waals surface area contributed by atoms with Gasteiger partial charge < -0.3 is 11.1 Å². The molecule has 4 nitrogen and oxygen atoms in total. The lowest BCUT2D eigenvalue weighted by atomic mass is 10.1. The van der Waals surface area contributed by atoms with Gasteiger partial charge in [0.15, 0.2) is 5.69 Å². The largest absolute Gasteiger partial charge is 0.397 e. The van der Waals surface area contributed by atoms with Gasteiger partial charge in [-0.2, -0.15) is 0 Å². The van der Waals surface area contributed by atoms with Gasteiger partial charge in [0.2, 0.25) is 0 Å². The predicted molar refractivity (Wildman–Crippen MR) is 65.1 cm³/mol. The molecule has 16 heavy (non-hydrogen) atoms. The van der Waals surface area contributed by atoms with E-state index >= 15 is 0 Å². The number of rotatable bonds is 5. The molecule has 0 fully saturated rings. The highest BCUT2D eigenvalue weighted by Gasteiger charge is 2.09. The van der Waals surface area contributed by atoms with E-state index in [1.807, 2.05) is 0 Å². The summed E-state index contributed by atoms with van der Waals surface area (Å²) < 4.78 is 0. The lowest BCUT2D eigenvalue weighted by molar-refractivity contribution is 0.0948. The zero-order chi connectivity index (χ0) is 12.0. The molecule has 0 aliphatic heterocycles. The number of hydrogen-bond acceptors (Lipinski definition) is 3. The van der Waals surface area contributed by atoms with Crippen molar-refractivity contribution in [3.05, 3.63) is 24.0 Å². The minimum atomic E-state index is -0.193. The van der Waals surface area contributed by atoms with Crippen molar-refractivity contribution in [2.45, 2.75) is 26.7 Å². The Hall–Kier alpha value is -1.58. The van der Waals surface area contributed by atoms with Crippen LogP contribution in [0.15, 0.2) is 18.3 Å². The maximum absolute atomic E-state index is 11.7. The van der Waals surface area contributed by atoms with Crippen LogP contribution < -0.4 is 11.1 Å². The van der Waals surface area contributed by atoms with E-state index in [-0.39, 0.29) is 5.91 Å². The minimum absolute atomic E-state index is 0.193. The van der Waals surface area contributed by atoms with Crippen LogP contribution >= 0.6 is 0 Å². The van der Waals surface area contributed by atoms with Crippen LogP contribution in [0.2, 0.25) is 0 Å². The highest BCUT2D eigenvalue weighted by molar-refractivity contribution is 5.96. The summed E-state index contributed by atoms with van der Waals surface area (Å²) in [6.45, 7) is 5.00. The monoisotopic (exact) mass is 221 g/mol. The van der Waals surface area contributed by atoms with Crippen LogP contribution in [-0.4, -0.2) is 17.4 Å². The Labute approximate surface area is 96.3 Å². The van der Waals surface area contributed by atoms with Crippen LogP contribution in [0.1, 0.15) is 37.2 Å². The number of aromatic nitrogens is 1. The molecule has 0 atom stereocenters. The number of hydrogen-bond donors (Lipinski definition) is 2. The number of carbonyl (C=O) groups excluding carboxylic acids is 1. The van der Waals surface area contributed by atoms with E-state index in [1.54, 1.807) is 18.3 Å². The molecule has 0 saturated heterocycles. The Morgan fingerprint density at radius 1 is 1.56 bits per heavy atom. The Kier molecular flexibility index (Phi) is 4.76. The molecule has 0 spiro atoms. The zero-order valence-electron chi connectivity index (χ0n) is 9.86.